The molecule has 0 amide bonds. The highest BCUT2D eigenvalue weighted by molar-refractivity contribution is 5.71. The van der Waals surface area contributed by atoms with E-state index in [1.807, 2.05) is 0 Å². The third-order valence-electron chi connectivity index (χ3n) is 6.21. The van der Waals surface area contributed by atoms with Crippen LogP contribution in [-0.2, 0) is 15.9 Å². The molecule has 2 aromatic rings. The van der Waals surface area contributed by atoms with E-state index >= 15 is 0 Å². The predicted octanol–water partition coefficient (Wildman–Crippen LogP) is 5.76. The molecule has 4 heteroatoms. The number of aliphatic hydroxyl groups is 1. The van der Waals surface area contributed by atoms with Gasteiger partial charge in [-0.2, -0.15) is 0 Å². The van der Waals surface area contributed by atoms with E-state index in [1.165, 1.54) is 24.8 Å². The van der Waals surface area contributed by atoms with Gasteiger partial charge in [-0.25, -0.2) is 0 Å². The molecule has 1 aliphatic carbocycles. The van der Waals surface area contributed by atoms with Gasteiger partial charge in [0.2, 0.25) is 0 Å². The molecule has 0 radical (unpaired) electrons. The molecule has 0 spiro atoms. The second kappa shape index (κ2) is 12.8. The first-order valence-electron chi connectivity index (χ1n) is 11.8. The Hall–Kier alpha value is -1.88. The molecule has 0 atom stereocenters. The summed E-state index contributed by atoms with van der Waals surface area (Å²) >= 11 is 0. The van der Waals surface area contributed by atoms with Gasteiger partial charge in [-0.05, 0) is 67.2 Å². The molecular weight excluding hydrogens is 388 g/mol. The fourth-order valence-corrected chi connectivity index (χ4v) is 4.32. The van der Waals surface area contributed by atoms with E-state index in [0.29, 0.717) is 31.7 Å². The number of unbranched alkanes of at least 4 members (excludes halogenated alkanes) is 1. The number of methoxy groups -OCH3 is 1. The molecule has 0 unspecified atom stereocenters. The summed E-state index contributed by atoms with van der Waals surface area (Å²) in [5.41, 5.74) is 4.74. The third-order valence-corrected chi connectivity index (χ3v) is 6.21. The zero-order valence-corrected chi connectivity index (χ0v) is 19.1. The first-order valence-corrected chi connectivity index (χ1v) is 11.8. The molecule has 3 rings (SSSR count). The van der Waals surface area contributed by atoms with Crippen LogP contribution < -0.4 is 4.74 Å². The van der Waals surface area contributed by atoms with Crippen molar-refractivity contribution in [1.29, 1.82) is 0 Å². The van der Waals surface area contributed by atoms with E-state index < -0.39 is 0 Å². The zero-order chi connectivity index (χ0) is 21.9. The maximum Gasteiger partial charge on any atom is 0.127 e. The Kier molecular flexibility index (Phi) is 9.85. The Morgan fingerprint density at radius 1 is 0.935 bits per heavy atom. The maximum atomic E-state index is 9.16. The molecule has 0 heterocycles. The number of rotatable bonds is 12. The van der Waals surface area contributed by atoms with Gasteiger partial charge in [0, 0.05) is 25.9 Å². The molecule has 1 saturated carbocycles. The van der Waals surface area contributed by atoms with Gasteiger partial charge in [-0.15, -0.1) is 0 Å². The molecular formula is C27H38O4. The first-order chi connectivity index (χ1) is 15.2. The van der Waals surface area contributed by atoms with Gasteiger partial charge in [-0.1, -0.05) is 49.7 Å². The van der Waals surface area contributed by atoms with Gasteiger partial charge in [0.1, 0.15) is 12.4 Å². The van der Waals surface area contributed by atoms with Crippen molar-refractivity contribution in [3.63, 3.8) is 0 Å². The van der Waals surface area contributed by atoms with Gasteiger partial charge in [0.05, 0.1) is 12.7 Å². The molecule has 1 aliphatic rings. The highest BCUT2D eigenvalue weighted by Crippen LogP contribution is 2.39. The van der Waals surface area contributed by atoms with E-state index in [-0.39, 0.29) is 6.61 Å². The molecule has 31 heavy (non-hydrogen) atoms. The summed E-state index contributed by atoms with van der Waals surface area (Å²) in [6.45, 7) is 4.38. The maximum absolute atomic E-state index is 9.16. The second-order valence-electron chi connectivity index (χ2n) is 8.47. The van der Waals surface area contributed by atoms with Crippen molar-refractivity contribution in [2.75, 3.05) is 33.5 Å². The molecule has 0 bridgehead atoms. The predicted molar refractivity (Wildman–Crippen MR) is 126 cm³/mol. The SMILES string of the molecule is CCCCOC1CCC(c2ccc(-c3ccc(CCO)cc3)c(OCCOC)c2)CC1. The number of benzene rings is 2. The Morgan fingerprint density at radius 2 is 1.71 bits per heavy atom. The van der Waals surface area contributed by atoms with Gasteiger partial charge in [0.15, 0.2) is 0 Å². The second-order valence-corrected chi connectivity index (χ2v) is 8.47. The monoisotopic (exact) mass is 426 g/mol. The van der Waals surface area contributed by atoms with Gasteiger partial charge in [0.25, 0.3) is 0 Å². The van der Waals surface area contributed by atoms with Gasteiger partial charge < -0.3 is 19.3 Å². The first kappa shape index (κ1) is 23.8. The number of hydrogen-bond donors (Lipinski definition) is 1. The van der Waals surface area contributed by atoms with Crippen LogP contribution in [0.2, 0.25) is 0 Å². The van der Waals surface area contributed by atoms with E-state index in [9.17, 15) is 0 Å². The number of aliphatic hydroxyl groups excluding tert-OH is 1. The smallest absolute Gasteiger partial charge is 0.127 e. The van der Waals surface area contributed by atoms with Crippen molar-refractivity contribution < 1.29 is 19.3 Å². The van der Waals surface area contributed by atoms with E-state index in [4.69, 9.17) is 19.3 Å². The highest BCUT2D eigenvalue weighted by atomic mass is 16.5. The summed E-state index contributed by atoms with van der Waals surface area (Å²) in [6.07, 6.45) is 8.08. The minimum absolute atomic E-state index is 0.172. The molecule has 4 nitrogen and oxygen atoms in total. The van der Waals surface area contributed by atoms with Crippen molar-refractivity contribution in [3.8, 4) is 16.9 Å². The Bertz CT molecular complexity index is 763. The number of hydrogen-bond acceptors (Lipinski definition) is 4. The van der Waals surface area contributed by atoms with Crippen LogP contribution in [0.25, 0.3) is 11.1 Å². The van der Waals surface area contributed by atoms with Gasteiger partial charge >= 0.3 is 0 Å². The molecule has 2 aromatic carbocycles. The standard InChI is InChI=1S/C27H38O4/c1-3-4-17-30-25-12-9-22(10-13-25)24-11-14-26(27(20-24)31-19-18-29-2)23-7-5-21(6-8-23)15-16-28/h5-8,11,14,20,22,25,28H,3-4,9-10,12-13,15-19H2,1-2H3. The Labute approximate surface area is 187 Å². The van der Waals surface area contributed by atoms with Crippen molar-refractivity contribution in [2.45, 2.75) is 63.9 Å². The van der Waals surface area contributed by atoms with Gasteiger partial charge in [-0.3, -0.25) is 0 Å². The average Bonchev–Trinajstić information content (AvgIpc) is 2.81. The van der Waals surface area contributed by atoms with Crippen LogP contribution in [0, 0.1) is 0 Å². The fraction of sp³-hybridized carbons (Fsp3) is 0.556. The minimum atomic E-state index is 0.172. The molecule has 0 saturated heterocycles. The topological polar surface area (TPSA) is 47.9 Å². The lowest BCUT2D eigenvalue weighted by atomic mass is 9.82. The number of ether oxygens (including phenoxy) is 3. The summed E-state index contributed by atoms with van der Waals surface area (Å²) in [5, 5.41) is 9.16. The molecule has 0 aliphatic heterocycles. The summed E-state index contributed by atoms with van der Waals surface area (Å²) in [4.78, 5) is 0. The highest BCUT2D eigenvalue weighted by Gasteiger charge is 2.23. The van der Waals surface area contributed by atoms with Crippen molar-refractivity contribution in [1.82, 2.24) is 0 Å². The largest absolute Gasteiger partial charge is 0.491 e. The summed E-state index contributed by atoms with van der Waals surface area (Å²) < 4.78 is 17.4. The van der Waals surface area contributed by atoms with Crippen LogP contribution >= 0.6 is 0 Å². The molecule has 1 fully saturated rings. The third kappa shape index (κ3) is 7.06. The normalized spacial score (nSPS) is 18.8. The zero-order valence-electron chi connectivity index (χ0n) is 19.1. The van der Waals surface area contributed by atoms with E-state index in [0.717, 1.165) is 48.3 Å². The molecule has 170 valence electrons. The van der Waals surface area contributed by atoms with Crippen LogP contribution in [0.1, 0.15) is 62.5 Å². The Morgan fingerprint density at radius 3 is 2.39 bits per heavy atom. The lowest BCUT2D eigenvalue weighted by molar-refractivity contribution is 0.0232. The Balaban J connectivity index is 1.72. The summed E-state index contributed by atoms with van der Waals surface area (Å²) in [7, 11) is 1.70. The van der Waals surface area contributed by atoms with Crippen molar-refractivity contribution in [2.24, 2.45) is 0 Å². The van der Waals surface area contributed by atoms with Crippen LogP contribution in [0.3, 0.4) is 0 Å². The van der Waals surface area contributed by atoms with Crippen LogP contribution in [0.4, 0.5) is 0 Å². The van der Waals surface area contributed by atoms with Crippen LogP contribution in [0.15, 0.2) is 42.5 Å². The lowest BCUT2D eigenvalue weighted by Crippen LogP contribution is -2.21. The molecule has 1 N–H and O–H groups in total. The summed E-state index contributed by atoms with van der Waals surface area (Å²) in [5.74, 6) is 1.49. The molecule has 0 aromatic heterocycles. The van der Waals surface area contributed by atoms with Crippen LogP contribution in [-0.4, -0.2) is 44.7 Å². The average molecular weight is 427 g/mol. The van der Waals surface area contributed by atoms with E-state index in [1.54, 1.807) is 7.11 Å². The minimum Gasteiger partial charge on any atom is -0.491 e. The fourth-order valence-electron chi connectivity index (χ4n) is 4.32. The van der Waals surface area contributed by atoms with Crippen molar-refractivity contribution in [3.05, 3.63) is 53.6 Å². The lowest BCUT2D eigenvalue weighted by Gasteiger charge is -2.29. The summed E-state index contributed by atoms with van der Waals surface area (Å²) in [6, 6.07) is 15.1. The van der Waals surface area contributed by atoms with Crippen LogP contribution in [0.5, 0.6) is 5.75 Å². The van der Waals surface area contributed by atoms with E-state index in [2.05, 4.69) is 49.4 Å². The quantitative estimate of drug-likeness (QED) is 0.439. The van der Waals surface area contributed by atoms with Crippen molar-refractivity contribution >= 4 is 0 Å².